The third-order valence-electron chi connectivity index (χ3n) is 1.27. The molecule has 2 radical (unpaired) electrons. The van der Waals surface area contributed by atoms with Crippen molar-refractivity contribution in [2.24, 2.45) is 0 Å². The van der Waals surface area contributed by atoms with Crippen LogP contribution in [0, 0.1) is 12.8 Å². The molecule has 0 aromatic carbocycles. The van der Waals surface area contributed by atoms with Gasteiger partial charge < -0.3 is 10.4 Å². The van der Waals surface area contributed by atoms with Crippen molar-refractivity contribution in [3.8, 4) is 0 Å². The van der Waals surface area contributed by atoms with Crippen LogP contribution in [0.15, 0.2) is 0 Å². The molecule has 0 bridgehead atoms. The first-order chi connectivity index (χ1) is 4.30. The van der Waals surface area contributed by atoms with Gasteiger partial charge in [-0.15, -0.1) is 0 Å². The van der Waals surface area contributed by atoms with E-state index in [1.165, 1.54) is 0 Å². The highest BCUT2D eigenvalue weighted by molar-refractivity contribution is 5.75. The van der Waals surface area contributed by atoms with Gasteiger partial charge >= 0.3 is 5.97 Å². The van der Waals surface area contributed by atoms with E-state index >= 15 is 0 Å². The predicted molar refractivity (Wildman–Crippen MR) is 32.6 cm³/mol. The van der Waals surface area contributed by atoms with Crippen LogP contribution in [-0.2, 0) is 4.79 Å². The zero-order valence-electron chi connectivity index (χ0n) is 5.00. The molecule has 9 heavy (non-hydrogen) atoms. The Morgan fingerprint density at radius 2 is 2.56 bits per heavy atom. The maximum absolute atomic E-state index is 10.2. The topological polar surface area (TPSA) is 49.3 Å². The summed E-state index contributed by atoms with van der Waals surface area (Å²) in [6.07, 6.45) is 4.49. The maximum Gasteiger partial charge on any atom is 0.321 e. The molecule has 0 saturated carbocycles. The van der Waals surface area contributed by atoms with E-state index in [4.69, 9.17) is 5.11 Å². The molecule has 50 valence electrons. The summed E-state index contributed by atoms with van der Waals surface area (Å²) in [5, 5.41) is 11.3. The highest BCUT2D eigenvalue weighted by Gasteiger charge is 2.18. The van der Waals surface area contributed by atoms with Gasteiger partial charge in [-0.05, 0) is 25.8 Å². The zero-order valence-corrected chi connectivity index (χ0v) is 5.00. The van der Waals surface area contributed by atoms with Crippen LogP contribution in [0.4, 0.5) is 0 Å². The van der Waals surface area contributed by atoms with Crippen molar-refractivity contribution >= 4 is 5.97 Å². The first kappa shape index (κ1) is 6.55. The fourth-order valence-corrected chi connectivity index (χ4v) is 0.792. The van der Waals surface area contributed by atoms with Crippen LogP contribution >= 0.6 is 0 Å². The normalized spacial score (nSPS) is 27.8. The first-order valence-electron chi connectivity index (χ1n) is 2.93. The van der Waals surface area contributed by atoms with Crippen LogP contribution < -0.4 is 5.32 Å². The summed E-state index contributed by atoms with van der Waals surface area (Å²) in [4.78, 5) is 10.2. The Bertz CT molecular complexity index is 108. The summed E-state index contributed by atoms with van der Waals surface area (Å²) in [5.41, 5.74) is 0. The molecule has 1 atom stereocenters. The van der Waals surface area contributed by atoms with E-state index in [-0.39, 0.29) is 0 Å². The van der Waals surface area contributed by atoms with Crippen molar-refractivity contribution in [1.82, 2.24) is 5.32 Å². The SMILES string of the molecule is O=C(O)C1[CH][CH]CCN1. The lowest BCUT2D eigenvalue weighted by molar-refractivity contribution is -0.138. The Balaban J connectivity index is 2.31. The van der Waals surface area contributed by atoms with Gasteiger partial charge in [0.15, 0.2) is 0 Å². The number of nitrogens with one attached hydrogen (secondary N) is 1. The highest BCUT2D eigenvalue weighted by Crippen LogP contribution is 2.03. The minimum absolute atomic E-state index is 0.459. The van der Waals surface area contributed by atoms with E-state index in [0.29, 0.717) is 0 Å². The number of carbonyl (C=O) groups is 1. The van der Waals surface area contributed by atoms with Crippen LogP contribution in [0.3, 0.4) is 0 Å². The average Bonchev–Trinajstić information content (AvgIpc) is 1.90. The zero-order chi connectivity index (χ0) is 6.69. The fraction of sp³-hybridized carbons (Fsp3) is 0.500. The largest absolute Gasteiger partial charge is 0.480 e. The van der Waals surface area contributed by atoms with Crippen molar-refractivity contribution in [1.29, 1.82) is 0 Å². The van der Waals surface area contributed by atoms with Gasteiger partial charge in [-0.1, -0.05) is 0 Å². The van der Waals surface area contributed by atoms with E-state index in [0.717, 1.165) is 13.0 Å². The molecule has 0 aliphatic carbocycles. The number of hydrogen-bond donors (Lipinski definition) is 2. The van der Waals surface area contributed by atoms with Gasteiger partial charge in [-0.2, -0.15) is 0 Å². The molecule has 0 amide bonds. The number of carboxylic acids is 1. The average molecular weight is 127 g/mol. The Hall–Kier alpha value is -0.570. The van der Waals surface area contributed by atoms with Crippen LogP contribution in [0.1, 0.15) is 6.42 Å². The number of aliphatic carboxylic acids is 1. The molecule has 1 rings (SSSR count). The van der Waals surface area contributed by atoms with Gasteiger partial charge in [0.05, 0.1) is 0 Å². The van der Waals surface area contributed by atoms with Gasteiger partial charge in [0, 0.05) is 0 Å². The Morgan fingerprint density at radius 3 is 2.89 bits per heavy atom. The molecular weight excluding hydrogens is 118 g/mol. The van der Waals surface area contributed by atoms with E-state index in [2.05, 4.69) is 5.32 Å². The summed E-state index contributed by atoms with van der Waals surface area (Å²) >= 11 is 0. The van der Waals surface area contributed by atoms with Gasteiger partial charge in [0.1, 0.15) is 6.04 Å². The monoisotopic (exact) mass is 127 g/mol. The minimum Gasteiger partial charge on any atom is -0.480 e. The molecule has 1 aliphatic rings. The van der Waals surface area contributed by atoms with E-state index < -0.39 is 12.0 Å². The lowest BCUT2D eigenvalue weighted by atomic mass is 10.1. The van der Waals surface area contributed by atoms with E-state index in [9.17, 15) is 4.79 Å². The van der Waals surface area contributed by atoms with Gasteiger partial charge in [-0.25, -0.2) is 0 Å². The molecule has 3 heteroatoms. The molecule has 1 unspecified atom stereocenters. The van der Waals surface area contributed by atoms with Crippen molar-refractivity contribution in [2.45, 2.75) is 12.5 Å². The molecule has 1 heterocycles. The molecule has 0 aromatic heterocycles. The molecule has 0 aromatic rings. The molecular formula is C6H9NO2. The lowest BCUT2D eigenvalue weighted by Crippen LogP contribution is -2.40. The van der Waals surface area contributed by atoms with Crippen molar-refractivity contribution in [2.75, 3.05) is 6.54 Å². The van der Waals surface area contributed by atoms with Crippen LogP contribution in [0.2, 0.25) is 0 Å². The van der Waals surface area contributed by atoms with Gasteiger partial charge in [0.2, 0.25) is 0 Å². The second kappa shape index (κ2) is 2.82. The standard InChI is InChI=1S/C6H9NO2/c8-6(9)5-3-1-2-4-7-5/h1,3,5,7H,2,4H2,(H,8,9). The third kappa shape index (κ3) is 1.68. The van der Waals surface area contributed by atoms with Crippen LogP contribution in [-0.4, -0.2) is 23.7 Å². The van der Waals surface area contributed by atoms with Crippen LogP contribution in [0.25, 0.3) is 0 Å². The second-order valence-corrected chi connectivity index (χ2v) is 1.99. The summed E-state index contributed by atoms with van der Waals surface area (Å²) < 4.78 is 0. The summed E-state index contributed by atoms with van der Waals surface area (Å²) in [5.74, 6) is -0.800. The lowest BCUT2D eigenvalue weighted by Gasteiger charge is -2.18. The quantitative estimate of drug-likeness (QED) is 0.514. The minimum atomic E-state index is -0.800. The Morgan fingerprint density at radius 1 is 1.78 bits per heavy atom. The maximum atomic E-state index is 10.2. The molecule has 2 N–H and O–H groups in total. The summed E-state index contributed by atoms with van der Waals surface area (Å²) in [7, 11) is 0. The van der Waals surface area contributed by atoms with Gasteiger partial charge in [0.25, 0.3) is 0 Å². The number of carboxylic acid groups (broad SMARTS) is 1. The Labute approximate surface area is 54.1 Å². The highest BCUT2D eigenvalue weighted by atomic mass is 16.4. The molecule has 1 aliphatic heterocycles. The van der Waals surface area contributed by atoms with Crippen molar-refractivity contribution < 1.29 is 9.90 Å². The molecule has 1 saturated heterocycles. The predicted octanol–water partition coefficient (Wildman–Crippen LogP) is -0.159. The first-order valence-corrected chi connectivity index (χ1v) is 2.93. The van der Waals surface area contributed by atoms with Crippen LogP contribution in [0.5, 0.6) is 0 Å². The van der Waals surface area contributed by atoms with E-state index in [1.54, 1.807) is 6.42 Å². The molecule has 1 fully saturated rings. The van der Waals surface area contributed by atoms with E-state index in [1.807, 2.05) is 6.42 Å². The fourth-order valence-electron chi connectivity index (χ4n) is 0.792. The number of hydrogen-bond acceptors (Lipinski definition) is 2. The number of piperidine rings is 1. The Kier molecular flexibility index (Phi) is 2.05. The summed E-state index contributed by atoms with van der Waals surface area (Å²) in [6.45, 7) is 0.771. The van der Waals surface area contributed by atoms with Gasteiger partial charge in [-0.3, -0.25) is 4.79 Å². The molecule has 3 nitrogen and oxygen atoms in total. The molecule has 0 spiro atoms. The van der Waals surface area contributed by atoms with Crippen molar-refractivity contribution in [3.05, 3.63) is 12.8 Å². The summed E-state index contributed by atoms with van der Waals surface area (Å²) in [6, 6.07) is -0.459. The van der Waals surface area contributed by atoms with Crippen molar-refractivity contribution in [3.63, 3.8) is 0 Å². The number of rotatable bonds is 1. The third-order valence-corrected chi connectivity index (χ3v) is 1.27. The smallest absolute Gasteiger partial charge is 0.321 e. The second-order valence-electron chi connectivity index (χ2n) is 1.99.